The molecule has 3 atom stereocenters. The van der Waals surface area contributed by atoms with Crippen molar-refractivity contribution in [1.82, 2.24) is 14.5 Å². The van der Waals surface area contributed by atoms with E-state index in [1.807, 2.05) is 0 Å². The van der Waals surface area contributed by atoms with E-state index in [0.717, 1.165) is 4.57 Å². The van der Waals surface area contributed by atoms with Crippen molar-refractivity contribution < 1.29 is 14.9 Å². The van der Waals surface area contributed by atoms with Gasteiger partial charge in [0.05, 0.1) is 12.7 Å². The van der Waals surface area contributed by atoms with Gasteiger partial charge < -0.3 is 20.7 Å². The number of aliphatic hydroxyl groups is 2. The second-order valence-corrected chi connectivity index (χ2v) is 3.52. The molecule has 1 aromatic heterocycles. The van der Waals surface area contributed by atoms with E-state index >= 15 is 0 Å². The Morgan fingerprint density at radius 1 is 1.69 bits per heavy atom. The van der Waals surface area contributed by atoms with Crippen LogP contribution in [0.3, 0.4) is 0 Å². The van der Waals surface area contributed by atoms with Gasteiger partial charge in [-0.1, -0.05) is 0 Å². The smallest absolute Gasteiger partial charge is 0.354 e. The lowest BCUT2D eigenvalue weighted by molar-refractivity contribution is -0.0462. The average Bonchev–Trinajstić information content (AvgIpc) is 2.59. The number of ether oxygens (including phenoxy) is 1. The monoisotopic (exact) mass is 234 g/mol. The summed E-state index contributed by atoms with van der Waals surface area (Å²) < 4.78 is 6.41. The van der Waals surface area contributed by atoms with Crippen molar-refractivity contribution in [3.63, 3.8) is 0 Å². The molecule has 16 heavy (non-hydrogen) atoms. The summed E-state index contributed by atoms with van der Waals surface area (Å²) >= 11 is 0. The van der Waals surface area contributed by atoms with Gasteiger partial charge >= 0.3 is 5.69 Å². The highest BCUT2D eigenvalue weighted by Crippen LogP contribution is 2.26. The summed E-state index contributed by atoms with van der Waals surface area (Å²) in [6, 6.07) is 0. The molecule has 0 amide bonds. The van der Waals surface area contributed by atoms with Crippen LogP contribution in [-0.4, -0.2) is 43.6 Å². The molecule has 0 aliphatic carbocycles. The predicted molar refractivity (Wildman–Crippen MR) is 52.3 cm³/mol. The summed E-state index contributed by atoms with van der Waals surface area (Å²) in [7, 11) is 0. The van der Waals surface area contributed by atoms with Crippen molar-refractivity contribution in [1.29, 1.82) is 0 Å². The van der Waals surface area contributed by atoms with Gasteiger partial charge in [-0.2, -0.15) is 4.98 Å². The first-order valence-corrected chi connectivity index (χ1v) is 4.77. The fourth-order valence-electron chi connectivity index (χ4n) is 1.60. The molecule has 0 radical (unpaired) electrons. The minimum absolute atomic E-state index is 0.112. The van der Waals surface area contributed by atoms with Crippen LogP contribution in [0.25, 0.3) is 0 Å². The number of anilines is 1. The maximum absolute atomic E-state index is 11.4. The Kier molecular flexibility index (Phi) is 2.86. The summed E-state index contributed by atoms with van der Waals surface area (Å²) in [6.45, 7) is -0.303. The highest BCUT2D eigenvalue weighted by Gasteiger charge is 2.35. The predicted octanol–water partition coefficient (Wildman–Crippen LogP) is -2.14. The molecule has 1 fully saturated rings. The molecule has 8 nitrogen and oxygen atoms in total. The van der Waals surface area contributed by atoms with Gasteiger partial charge in [-0.15, -0.1) is 0 Å². The fraction of sp³-hybridized carbons (Fsp3) is 0.625. The van der Waals surface area contributed by atoms with E-state index in [-0.39, 0.29) is 19.0 Å². The van der Waals surface area contributed by atoms with Crippen LogP contribution in [0, 0.1) is 0 Å². The van der Waals surface area contributed by atoms with Gasteiger partial charge in [-0.25, -0.2) is 9.78 Å². The Labute approximate surface area is 90.3 Å². The first-order chi connectivity index (χ1) is 7.61. The molecule has 88 valence electrons. The molecule has 1 aliphatic heterocycles. The van der Waals surface area contributed by atoms with Crippen LogP contribution in [-0.2, 0) is 4.74 Å². The third-order valence-electron chi connectivity index (χ3n) is 2.44. The first kappa shape index (κ1) is 11.0. The van der Waals surface area contributed by atoms with Gasteiger partial charge in [0.1, 0.15) is 18.7 Å². The van der Waals surface area contributed by atoms with E-state index in [2.05, 4.69) is 9.97 Å². The van der Waals surface area contributed by atoms with Crippen molar-refractivity contribution in [2.75, 3.05) is 12.3 Å². The fourth-order valence-corrected chi connectivity index (χ4v) is 1.60. The topological polar surface area (TPSA) is 123 Å². The largest absolute Gasteiger partial charge is 0.394 e. The van der Waals surface area contributed by atoms with Crippen LogP contribution in [0.4, 0.5) is 5.95 Å². The molecule has 4 N–H and O–H groups in total. The zero-order chi connectivity index (χ0) is 11.7. The number of nitrogens with two attached hydrogens (primary N) is 1. The van der Waals surface area contributed by atoms with Crippen molar-refractivity contribution in [3.8, 4) is 0 Å². The number of nitrogen functional groups attached to an aromatic ring is 1. The van der Waals surface area contributed by atoms with Crippen LogP contribution >= 0.6 is 0 Å². The summed E-state index contributed by atoms with van der Waals surface area (Å²) in [5.41, 5.74) is 4.65. The third-order valence-corrected chi connectivity index (χ3v) is 2.44. The second-order valence-electron chi connectivity index (χ2n) is 3.52. The molecule has 0 saturated carbocycles. The number of rotatable bonds is 2. The molecule has 0 bridgehead atoms. The summed E-state index contributed by atoms with van der Waals surface area (Å²) in [6.07, 6.45) is -0.741. The van der Waals surface area contributed by atoms with Gasteiger partial charge in [0.15, 0.2) is 0 Å². The molecule has 1 saturated heterocycles. The molecule has 1 aliphatic rings. The molecule has 2 rings (SSSR count). The van der Waals surface area contributed by atoms with E-state index in [1.165, 1.54) is 6.33 Å². The lowest BCUT2D eigenvalue weighted by Gasteiger charge is -2.13. The lowest BCUT2D eigenvalue weighted by Crippen LogP contribution is -2.28. The van der Waals surface area contributed by atoms with Gasteiger partial charge in [-0.3, -0.25) is 4.57 Å². The van der Waals surface area contributed by atoms with Crippen molar-refractivity contribution in [2.24, 2.45) is 0 Å². The second kappa shape index (κ2) is 4.16. The minimum Gasteiger partial charge on any atom is -0.394 e. The van der Waals surface area contributed by atoms with Crippen molar-refractivity contribution >= 4 is 5.95 Å². The highest BCUT2D eigenvalue weighted by molar-refractivity contribution is 5.09. The van der Waals surface area contributed by atoms with Gasteiger partial charge in [-0.05, 0) is 0 Å². The first-order valence-electron chi connectivity index (χ1n) is 4.77. The highest BCUT2D eigenvalue weighted by atomic mass is 16.6. The van der Waals surface area contributed by atoms with Crippen LogP contribution in [0.15, 0.2) is 11.1 Å². The summed E-state index contributed by atoms with van der Waals surface area (Å²) in [5, 5.41) is 18.4. The van der Waals surface area contributed by atoms with Crippen LogP contribution < -0.4 is 11.4 Å². The third kappa shape index (κ3) is 1.90. The van der Waals surface area contributed by atoms with Crippen molar-refractivity contribution in [2.45, 2.75) is 24.9 Å². The zero-order valence-electron chi connectivity index (χ0n) is 8.35. The summed E-state index contributed by atoms with van der Waals surface area (Å²) in [4.78, 5) is 18.5. The van der Waals surface area contributed by atoms with Gasteiger partial charge in [0, 0.05) is 6.42 Å². The Bertz CT molecular complexity index is 434. The SMILES string of the molecule is [15NH2][13c]1[15n][13cH][15n]([C@H]2C[C@H](O)[C@@H](CO)O2)c(=O)[15n]1. The van der Waals surface area contributed by atoms with E-state index in [0.29, 0.717) is 0 Å². The van der Waals surface area contributed by atoms with Gasteiger partial charge in [0.2, 0.25) is 5.95 Å². The Hall–Kier alpha value is -1.51. The average molecular weight is 234 g/mol. The normalized spacial score (nSPS) is 29.5. The van der Waals surface area contributed by atoms with Crippen LogP contribution in [0.5, 0.6) is 0 Å². The molecule has 1 aromatic rings. The summed E-state index contributed by atoms with van der Waals surface area (Å²) in [5.74, 6) is -0.112. The van der Waals surface area contributed by atoms with E-state index in [4.69, 9.17) is 15.6 Å². The Morgan fingerprint density at radius 2 is 2.44 bits per heavy atom. The lowest BCUT2D eigenvalue weighted by atomic mass is 10.2. The Balaban J connectivity index is 2.23. The number of hydrogen-bond acceptors (Lipinski definition) is 7. The molecular formula is C8H12N4O4. The quantitative estimate of drug-likeness (QED) is 0.499. The zero-order valence-corrected chi connectivity index (χ0v) is 8.35. The standard InChI is InChI=1S/C8H12N4O4/c9-7-10-3-12(8(15)11-7)6-1-4(14)5(2-13)16-6/h3-6,13-14H,1-2H2,(H2,9,11,15)/t4-,5+,6+/m0/s1/i3+1,7+1,9+1,10+1,11+1,12+1. The van der Waals surface area contributed by atoms with E-state index < -0.39 is 24.1 Å². The number of hydrogen-bond donors (Lipinski definition) is 3. The molecule has 0 unspecified atom stereocenters. The van der Waals surface area contributed by atoms with Crippen molar-refractivity contribution in [3.05, 3.63) is 16.8 Å². The maximum atomic E-state index is 11.4. The minimum atomic E-state index is -0.806. The number of nitrogens with zero attached hydrogens (tertiary/aromatic N) is 3. The number of aliphatic hydroxyl groups excluding tert-OH is 2. The van der Waals surface area contributed by atoms with Gasteiger partial charge in [0.25, 0.3) is 0 Å². The van der Waals surface area contributed by atoms with Crippen LogP contribution in [0.2, 0.25) is 0 Å². The molecule has 0 aromatic carbocycles. The molecular weight excluding hydrogens is 222 g/mol. The Morgan fingerprint density at radius 3 is 3.00 bits per heavy atom. The number of aromatic nitrogens is 3. The van der Waals surface area contributed by atoms with E-state index in [1.54, 1.807) is 0 Å². The molecule has 8 heteroatoms. The molecule has 2 heterocycles. The maximum Gasteiger partial charge on any atom is 0.354 e. The van der Waals surface area contributed by atoms with E-state index in [9.17, 15) is 9.90 Å². The van der Waals surface area contributed by atoms with Crippen LogP contribution in [0.1, 0.15) is 12.6 Å². The molecule has 0 spiro atoms.